The average Bonchev–Trinajstić information content (AvgIpc) is 2.82. The molecular formula is C13H23N3O. The number of aromatic nitrogens is 2. The van der Waals surface area contributed by atoms with Crippen molar-refractivity contribution in [2.24, 2.45) is 0 Å². The molecule has 4 heteroatoms. The highest BCUT2D eigenvalue weighted by Crippen LogP contribution is 2.10. The van der Waals surface area contributed by atoms with Gasteiger partial charge in [0.15, 0.2) is 0 Å². The Balaban J connectivity index is 2.33. The Morgan fingerprint density at radius 1 is 1.59 bits per heavy atom. The van der Waals surface area contributed by atoms with E-state index in [2.05, 4.69) is 44.0 Å². The summed E-state index contributed by atoms with van der Waals surface area (Å²) < 4.78 is 7.44. The molecule has 0 amide bonds. The van der Waals surface area contributed by atoms with E-state index in [0.717, 1.165) is 13.1 Å². The van der Waals surface area contributed by atoms with Crippen LogP contribution in [-0.4, -0.2) is 29.0 Å². The molecule has 1 aromatic heterocycles. The molecule has 0 aliphatic heterocycles. The van der Waals surface area contributed by atoms with Gasteiger partial charge in [-0.05, 0) is 20.8 Å². The van der Waals surface area contributed by atoms with Gasteiger partial charge in [-0.15, -0.1) is 6.58 Å². The topological polar surface area (TPSA) is 39.1 Å². The van der Waals surface area contributed by atoms with Gasteiger partial charge in [-0.3, -0.25) is 4.68 Å². The maximum absolute atomic E-state index is 5.50. The van der Waals surface area contributed by atoms with Crippen LogP contribution in [-0.2, 0) is 11.3 Å². The lowest BCUT2D eigenvalue weighted by molar-refractivity contribution is 0.0860. The van der Waals surface area contributed by atoms with Crippen LogP contribution in [0.3, 0.4) is 0 Å². The molecule has 2 unspecified atom stereocenters. The van der Waals surface area contributed by atoms with Crippen LogP contribution in [0.1, 0.15) is 32.4 Å². The number of rotatable bonds is 8. The number of ether oxygens (including phenoxy) is 1. The van der Waals surface area contributed by atoms with Crippen LogP contribution in [0.5, 0.6) is 0 Å². The van der Waals surface area contributed by atoms with E-state index >= 15 is 0 Å². The first-order valence-electron chi connectivity index (χ1n) is 6.15. The molecule has 4 nitrogen and oxygen atoms in total. The van der Waals surface area contributed by atoms with Gasteiger partial charge in [0.1, 0.15) is 0 Å². The molecule has 1 N–H and O–H groups in total. The second-order valence-electron chi connectivity index (χ2n) is 4.19. The predicted octanol–water partition coefficient (Wildman–Crippen LogP) is 2.14. The zero-order valence-corrected chi connectivity index (χ0v) is 11.0. The van der Waals surface area contributed by atoms with Gasteiger partial charge in [0.05, 0.1) is 18.9 Å². The Kier molecular flexibility index (Phi) is 5.94. The second-order valence-corrected chi connectivity index (χ2v) is 4.19. The molecule has 96 valence electrons. The monoisotopic (exact) mass is 237 g/mol. The van der Waals surface area contributed by atoms with Crippen LogP contribution in [0.15, 0.2) is 25.0 Å². The largest absolute Gasteiger partial charge is 0.373 e. The molecule has 0 aromatic carbocycles. The van der Waals surface area contributed by atoms with Gasteiger partial charge in [0.2, 0.25) is 0 Å². The SMILES string of the molecule is C=CCOC(C)CNC(C)c1cnn(CC)c1. The first kappa shape index (κ1) is 13.9. The van der Waals surface area contributed by atoms with Crippen molar-refractivity contribution >= 4 is 0 Å². The van der Waals surface area contributed by atoms with E-state index in [-0.39, 0.29) is 6.10 Å². The summed E-state index contributed by atoms with van der Waals surface area (Å²) in [4.78, 5) is 0. The lowest BCUT2D eigenvalue weighted by atomic mass is 10.2. The number of nitrogens with one attached hydrogen (secondary N) is 1. The van der Waals surface area contributed by atoms with E-state index in [0.29, 0.717) is 12.6 Å². The van der Waals surface area contributed by atoms with Crippen molar-refractivity contribution in [3.05, 3.63) is 30.6 Å². The fourth-order valence-electron chi connectivity index (χ4n) is 1.53. The molecule has 1 aromatic rings. The summed E-state index contributed by atoms with van der Waals surface area (Å²) in [6.45, 7) is 12.2. The first-order valence-corrected chi connectivity index (χ1v) is 6.15. The van der Waals surface area contributed by atoms with Crippen LogP contribution < -0.4 is 5.32 Å². The zero-order valence-electron chi connectivity index (χ0n) is 11.0. The molecule has 1 heterocycles. The van der Waals surface area contributed by atoms with Crippen molar-refractivity contribution in [2.45, 2.75) is 39.5 Å². The molecule has 0 bridgehead atoms. The van der Waals surface area contributed by atoms with E-state index in [1.807, 2.05) is 10.9 Å². The Labute approximate surface area is 104 Å². The van der Waals surface area contributed by atoms with Crippen LogP contribution in [0.4, 0.5) is 0 Å². The number of aryl methyl sites for hydroxylation is 1. The number of hydrogen-bond acceptors (Lipinski definition) is 3. The second kappa shape index (κ2) is 7.25. The van der Waals surface area contributed by atoms with Crippen LogP contribution in [0.25, 0.3) is 0 Å². The third kappa shape index (κ3) is 4.71. The summed E-state index contributed by atoms with van der Waals surface area (Å²) in [7, 11) is 0. The Hall–Kier alpha value is -1.13. The molecule has 1 rings (SSSR count). The molecule has 0 aliphatic rings. The Morgan fingerprint density at radius 2 is 2.35 bits per heavy atom. The normalized spacial score (nSPS) is 14.5. The summed E-state index contributed by atoms with van der Waals surface area (Å²) in [6, 6.07) is 0.296. The molecule has 0 saturated heterocycles. The van der Waals surface area contributed by atoms with Gasteiger partial charge in [-0.25, -0.2) is 0 Å². The number of hydrogen-bond donors (Lipinski definition) is 1. The summed E-state index contributed by atoms with van der Waals surface area (Å²) >= 11 is 0. The van der Waals surface area contributed by atoms with E-state index in [1.54, 1.807) is 6.08 Å². The Morgan fingerprint density at radius 3 is 2.94 bits per heavy atom. The van der Waals surface area contributed by atoms with Gasteiger partial charge >= 0.3 is 0 Å². The highest BCUT2D eigenvalue weighted by molar-refractivity contribution is 5.09. The molecule has 0 spiro atoms. The van der Waals surface area contributed by atoms with Crippen molar-refractivity contribution in [3.8, 4) is 0 Å². The van der Waals surface area contributed by atoms with Crippen LogP contribution >= 0.6 is 0 Å². The fourth-order valence-corrected chi connectivity index (χ4v) is 1.53. The molecule has 0 saturated carbocycles. The summed E-state index contributed by atoms with van der Waals surface area (Å²) in [5.74, 6) is 0. The van der Waals surface area contributed by atoms with E-state index < -0.39 is 0 Å². The van der Waals surface area contributed by atoms with Gasteiger partial charge in [0.25, 0.3) is 0 Å². The Bertz CT molecular complexity index is 335. The fraction of sp³-hybridized carbons (Fsp3) is 0.615. The summed E-state index contributed by atoms with van der Waals surface area (Å²) in [6.07, 6.45) is 5.95. The summed E-state index contributed by atoms with van der Waals surface area (Å²) in [5.41, 5.74) is 1.21. The molecule has 0 fully saturated rings. The first-order chi connectivity index (χ1) is 8.17. The third-order valence-corrected chi connectivity index (χ3v) is 2.69. The predicted molar refractivity (Wildman–Crippen MR) is 69.9 cm³/mol. The van der Waals surface area contributed by atoms with Crippen molar-refractivity contribution < 1.29 is 4.74 Å². The third-order valence-electron chi connectivity index (χ3n) is 2.69. The zero-order chi connectivity index (χ0) is 12.7. The van der Waals surface area contributed by atoms with Crippen molar-refractivity contribution in [1.29, 1.82) is 0 Å². The van der Waals surface area contributed by atoms with Gasteiger partial charge < -0.3 is 10.1 Å². The van der Waals surface area contributed by atoms with Crippen molar-refractivity contribution in [3.63, 3.8) is 0 Å². The number of nitrogens with zero attached hydrogens (tertiary/aromatic N) is 2. The van der Waals surface area contributed by atoms with Gasteiger partial charge in [0, 0.05) is 30.9 Å². The quantitative estimate of drug-likeness (QED) is 0.704. The maximum atomic E-state index is 5.50. The molecule has 0 aliphatic carbocycles. The average molecular weight is 237 g/mol. The lowest BCUT2D eigenvalue weighted by Gasteiger charge is -2.16. The standard InChI is InChI=1S/C13H23N3O/c1-5-7-17-11(3)8-14-12(4)13-9-15-16(6-2)10-13/h5,9-12,14H,1,6-8H2,2-4H3. The van der Waals surface area contributed by atoms with Gasteiger partial charge in [-0.1, -0.05) is 6.08 Å². The minimum Gasteiger partial charge on any atom is -0.373 e. The lowest BCUT2D eigenvalue weighted by Crippen LogP contribution is -2.29. The van der Waals surface area contributed by atoms with E-state index in [9.17, 15) is 0 Å². The van der Waals surface area contributed by atoms with Crippen molar-refractivity contribution in [1.82, 2.24) is 15.1 Å². The maximum Gasteiger partial charge on any atom is 0.0675 e. The summed E-state index contributed by atoms with van der Waals surface area (Å²) in [5, 5.41) is 7.70. The highest BCUT2D eigenvalue weighted by Gasteiger charge is 2.09. The minimum atomic E-state index is 0.191. The van der Waals surface area contributed by atoms with Crippen LogP contribution in [0, 0.1) is 0 Å². The molecule has 17 heavy (non-hydrogen) atoms. The minimum absolute atomic E-state index is 0.191. The van der Waals surface area contributed by atoms with Crippen LogP contribution in [0.2, 0.25) is 0 Å². The highest BCUT2D eigenvalue weighted by atomic mass is 16.5. The van der Waals surface area contributed by atoms with E-state index in [1.165, 1.54) is 5.56 Å². The molecule has 2 atom stereocenters. The van der Waals surface area contributed by atoms with Gasteiger partial charge in [-0.2, -0.15) is 5.10 Å². The van der Waals surface area contributed by atoms with E-state index in [4.69, 9.17) is 4.74 Å². The van der Waals surface area contributed by atoms with Crippen molar-refractivity contribution in [2.75, 3.05) is 13.2 Å². The molecular weight excluding hydrogens is 214 g/mol. The molecule has 0 radical (unpaired) electrons. The smallest absolute Gasteiger partial charge is 0.0675 e.